The summed E-state index contributed by atoms with van der Waals surface area (Å²) in [6.07, 6.45) is 2.37. The van der Waals surface area contributed by atoms with Gasteiger partial charge in [0.1, 0.15) is 0 Å². The van der Waals surface area contributed by atoms with Gasteiger partial charge in [0, 0.05) is 24.7 Å². The Morgan fingerprint density at radius 2 is 2.33 bits per heavy atom. The van der Waals surface area contributed by atoms with Crippen molar-refractivity contribution in [2.75, 3.05) is 23.7 Å². The molecule has 4 heteroatoms. The highest BCUT2D eigenvalue weighted by atomic mass is 16.1. The van der Waals surface area contributed by atoms with Gasteiger partial charge in [0.05, 0.1) is 11.4 Å². The molecule has 1 amide bonds. The monoisotopic (exact) mass is 247 g/mol. The van der Waals surface area contributed by atoms with Crippen molar-refractivity contribution in [1.82, 2.24) is 5.32 Å². The van der Waals surface area contributed by atoms with Crippen LogP contribution >= 0.6 is 0 Å². The number of rotatable bonds is 3. The van der Waals surface area contributed by atoms with E-state index in [1.807, 2.05) is 19.1 Å². The third kappa shape index (κ3) is 2.42. The number of anilines is 2. The zero-order valence-corrected chi connectivity index (χ0v) is 11.1. The van der Waals surface area contributed by atoms with Gasteiger partial charge in [-0.25, -0.2) is 0 Å². The summed E-state index contributed by atoms with van der Waals surface area (Å²) < 4.78 is 0. The Hall–Kier alpha value is -1.71. The van der Waals surface area contributed by atoms with Crippen LogP contribution in [0.25, 0.3) is 0 Å². The number of carbonyl (C=O) groups is 1. The quantitative estimate of drug-likeness (QED) is 0.803. The summed E-state index contributed by atoms with van der Waals surface area (Å²) in [6, 6.07) is 6.01. The van der Waals surface area contributed by atoms with Gasteiger partial charge in [-0.3, -0.25) is 4.79 Å². The Morgan fingerprint density at radius 3 is 2.94 bits per heavy atom. The second-order valence-electron chi connectivity index (χ2n) is 4.82. The maximum absolute atomic E-state index is 11.8. The molecule has 1 aliphatic rings. The van der Waals surface area contributed by atoms with E-state index < -0.39 is 0 Å². The third-order valence-electron chi connectivity index (χ3n) is 3.49. The first-order valence-electron chi connectivity index (χ1n) is 6.58. The molecule has 0 aromatic heterocycles. The zero-order chi connectivity index (χ0) is 13.1. The first kappa shape index (κ1) is 12.7. The van der Waals surface area contributed by atoms with Crippen molar-refractivity contribution in [3.8, 4) is 0 Å². The van der Waals surface area contributed by atoms with Crippen LogP contribution in [0.3, 0.4) is 0 Å². The minimum absolute atomic E-state index is 0.0365. The van der Waals surface area contributed by atoms with Crippen LogP contribution in [0.15, 0.2) is 18.2 Å². The molecule has 0 radical (unpaired) electrons. The molecule has 0 spiro atoms. The minimum atomic E-state index is -0.0365. The van der Waals surface area contributed by atoms with Crippen molar-refractivity contribution in [3.63, 3.8) is 0 Å². The predicted octanol–water partition coefficient (Wildman–Crippen LogP) is 2.01. The second kappa shape index (κ2) is 5.29. The highest BCUT2D eigenvalue weighted by Gasteiger charge is 2.22. The van der Waals surface area contributed by atoms with Gasteiger partial charge in [0.25, 0.3) is 5.91 Å². The van der Waals surface area contributed by atoms with Crippen molar-refractivity contribution in [2.24, 2.45) is 0 Å². The first-order chi connectivity index (χ1) is 8.63. The van der Waals surface area contributed by atoms with E-state index in [-0.39, 0.29) is 5.91 Å². The van der Waals surface area contributed by atoms with Crippen LogP contribution < -0.4 is 16.0 Å². The topological polar surface area (TPSA) is 58.4 Å². The van der Waals surface area contributed by atoms with Crippen LogP contribution in [0, 0.1) is 0 Å². The van der Waals surface area contributed by atoms with E-state index >= 15 is 0 Å². The van der Waals surface area contributed by atoms with E-state index in [9.17, 15) is 4.79 Å². The van der Waals surface area contributed by atoms with Gasteiger partial charge in [-0.2, -0.15) is 0 Å². The Balaban J connectivity index is 2.29. The second-order valence-corrected chi connectivity index (χ2v) is 4.82. The minimum Gasteiger partial charge on any atom is -0.397 e. The molecule has 1 atom stereocenters. The fraction of sp³-hybridized carbons (Fsp3) is 0.500. The smallest absolute Gasteiger partial charge is 0.251 e. The average Bonchev–Trinajstić information content (AvgIpc) is 2.76. The van der Waals surface area contributed by atoms with Crippen molar-refractivity contribution in [2.45, 2.75) is 32.7 Å². The predicted molar refractivity (Wildman–Crippen MR) is 74.9 cm³/mol. The summed E-state index contributed by atoms with van der Waals surface area (Å²) in [5, 5.41) is 2.81. The Morgan fingerprint density at radius 1 is 1.56 bits per heavy atom. The van der Waals surface area contributed by atoms with Gasteiger partial charge < -0.3 is 16.0 Å². The SMILES string of the molecule is CCNC(=O)c1ccc(N)c(N2CCCC2C)c1. The summed E-state index contributed by atoms with van der Waals surface area (Å²) in [4.78, 5) is 14.1. The van der Waals surface area contributed by atoms with Crippen LogP contribution in [-0.4, -0.2) is 25.0 Å². The molecule has 1 unspecified atom stereocenters. The molecule has 1 aliphatic heterocycles. The van der Waals surface area contributed by atoms with E-state index in [0.29, 0.717) is 18.2 Å². The number of nitrogens with two attached hydrogens (primary N) is 1. The molecule has 0 bridgehead atoms. The van der Waals surface area contributed by atoms with Gasteiger partial charge in [0.15, 0.2) is 0 Å². The molecular weight excluding hydrogens is 226 g/mol. The zero-order valence-electron chi connectivity index (χ0n) is 11.1. The average molecular weight is 247 g/mol. The van der Waals surface area contributed by atoms with Crippen LogP contribution in [0.1, 0.15) is 37.0 Å². The van der Waals surface area contributed by atoms with Crippen molar-refractivity contribution in [3.05, 3.63) is 23.8 Å². The standard InChI is InChI=1S/C14H21N3O/c1-3-16-14(18)11-6-7-12(15)13(9-11)17-8-4-5-10(17)2/h6-7,9-10H,3-5,8,15H2,1-2H3,(H,16,18). The molecule has 1 fully saturated rings. The molecule has 0 saturated carbocycles. The van der Waals surface area contributed by atoms with Gasteiger partial charge >= 0.3 is 0 Å². The van der Waals surface area contributed by atoms with E-state index in [0.717, 1.165) is 17.9 Å². The molecule has 18 heavy (non-hydrogen) atoms. The molecule has 98 valence electrons. The summed E-state index contributed by atoms with van der Waals surface area (Å²) in [7, 11) is 0. The molecule has 1 heterocycles. The van der Waals surface area contributed by atoms with Gasteiger partial charge in [-0.05, 0) is 44.9 Å². The van der Waals surface area contributed by atoms with E-state index in [2.05, 4.69) is 17.1 Å². The van der Waals surface area contributed by atoms with E-state index in [4.69, 9.17) is 5.73 Å². The summed E-state index contributed by atoms with van der Waals surface area (Å²) in [6.45, 7) is 5.77. The van der Waals surface area contributed by atoms with Crippen LogP contribution in [-0.2, 0) is 0 Å². The third-order valence-corrected chi connectivity index (χ3v) is 3.49. The van der Waals surface area contributed by atoms with Gasteiger partial charge in [-0.15, -0.1) is 0 Å². The molecule has 0 aliphatic carbocycles. The number of nitrogen functional groups attached to an aromatic ring is 1. The van der Waals surface area contributed by atoms with Crippen molar-refractivity contribution >= 4 is 17.3 Å². The van der Waals surface area contributed by atoms with Gasteiger partial charge in [0.2, 0.25) is 0 Å². The number of hydrogen-bond acceptors (Lipinski definition) is 3. The summed E-state index contributed by atoms with van der Waals surface area (Å²) in [5.41, 5.74) is 8.45. The lowest BCUT2D eigenvalue weighted by Gasteiger charge is -2.25. The first-order valence-corrected chi connectivity index (χ1v) is 6.58. The molecule has 3 N–H and O–H groups in total. The summed E-state index contributed by atoms with van der Waals surface area (Å²) in [5.74, 6) is -0.0365. The van der Waals surface area contributed by atoms with Crippen LogP contribution in [0.2, 0.25) is 0 Å². The fourth-order valence-corrected chi connectivity index (χ4v) is 2.49. The summed E-state index contributed by atoms with van der Waals surface area (Å²) >= 11 is 0. The highest BCUT2D eigenvalue weighted by molar-refractivity contribution is 5.96. The van der Waals surface area contributed by atoms with Gasteiger partial charge in [-0.1, -0.05) is 0 Å². The largest absolute Gasteiger partial charge is 0.397 e. The number of nitrogens with one attached hydrogen (secondary N) is 1. The van der Waals surface area contributed by atoms with E-state index in [1.54, 1.807) is 6.07 Å². The number of benzene rings is 1. The van der Waals surface area contributed by atoms with Crippen LogP contribution in [0.4, 0.5) is 11.4 Å². The normalized spacial score (nSPS) is 19.0. The fourth-order valence-electron chi connectivity index (χ4n) is 2.49. The van der Waals surface area contributed by atoms with Crippen molar-refractivity contribution in [1.29, 1.82) is 0 Å². The highest BCUT2D eigenvalue weighted by Crippen LogP contribution is 2.31. The number of carbonyl (C=O) groups excluding carboxylic acids is 1. The maximum Gasteiger partial charge on any atom is 0.251 e. The lowest BCUT2D eigenvalue weighted by atomic mass is 10.1. The van der Waals surface area contributed by atoms with Crippen molar-refractivity contribution < 1.29 is 4.79 Å². The molecule has 1 aromatic rings. The molecule has 1 saturated heterocycles. The lowest BCUT2D eigenvalue weighted by Crippen LogP contribution is -2.28. The number of hydrogen-bond donors (Lipinski definition) is 2. The maximum atomic E-state index is 11.8. The van der Waals surface area contributed by atoms with E-state index in [1.165, 1.54) is 12.8 Å². The molecular formula is C14H21N3O. The molecule has 4 nitrogen and oxygen atoms in total. The Labute approximate surface area is 108 Å². The number of nitrogens with zero attached hydrogens (tertiary/aromatic N) is 1. The molecule has 1 aromatic carbocycles. The number of amides is 1. The molecule has 2 rings (SSSR count). The lowest BCUT2D eigenvalue weighted by molar-refractivity contribution is 0.0956. The Kier molecular flexibility index (Phi) is 3.75. The van der Waals surface area contributed by atoms with Crippen LogP contribution in [0.5, 0.6) is 0 Å². The Bertz CT molecular complexity index is 445.